The van der Waals surface area contributed by atoms with Gasteiger partial charge in [-0.05, 0) is 31.4 Å². The van der Waals surface area contributed by atoms with Gasteiger partial charge < -0.3 is 5.32 Å². The zero-order valence-corrected chi connectivity index (χ0v) is 10.6. The highest BCUT2D eigenvalue weighted by molar-refractivity contribution is 5.82. The highest BCUT2D eigenvalue weighted by Gasteiger charge is 2.13. The number of rotatable bonds is 2. The minimum Gasteiger partial charge on any atom is -0.366 e. The zero-order valence-electron chi connectivity index (χ0n) is 10.6. The standard InChI is InChI=1S/C16H15N3/c17-11-13-10-12-6-4-5-9-15(12)19-16(13)18-14-7-2-1-3-8-14/h1-2,4-6,9-10,14H,3,7-8H2,(H,18,19). The molecule has 0 radical (unpaired) electrons. The summed E-state index contributed by atoms with van der Waals surface area (Å²) >= 11 is 0. The molecule has 0 saturated carbocycles. The Labute approximate surface area is 112 Å². The quantitative estimate of drug-likeness (QED) is 0.827. The molecule has 1 heterocycles. The summed E-state index contributed by atoms with van der Waals surface area (Å²) in [4.78, 5) is 4.58. The van der Waals surface area contributed by atoms with E-state index < -0.39 is 0 Å². The maximum Gasteiger partial charge on any atom is 0.144 e. The van der Waals surface area contributed by atoms with Gasteiger partial charge >= 0.3 is 0 Å². The average Bonchev–Trinajstić information content (AvgIpc) is 2.47. The number of aromatic nitrogens is 1. The molecule has 0 bridgehead atoms. The van der Waals surface area contributed by atoms with E-state index >= 15 is 0 Å². The molecular weight excluding hydrogens is 234 g/mol. The number of fused-ring (bicyclic) bond motifs is 1. The summed E-state index contributed by atoms with van der Waals surface area (Å²) in [5.74, 6) is 0.710. The van der Waals surface area contributed by atoms with E-state index in [2.05, 4.69) is 28.5 Å². The summed E-state index contributed by atoms with van der Waals surface area (Å²) in [5, 5.41) is 13.7. The van der Waals surface area contributed by atoms with Crippen LogP contribution >= 0.6 is 0 Å². The molecule has 1 atom stereocenters. The van der Waals surface area contributed by atoms with Crippen molar-refractivity contribution in [2.45, 2.75) is 25.3 Å². The van der Waals surface area contributed by atoms with Gasteiger partial charge in [-0.25, -0.2) is 4.98 Å². The maximum atomic E-state index is 9.26. The molecule has 1 aromatic carbocycles. The number of benzene rings is 1. The van der Waals surface area contributed by atoms with Crippen molar-refractivity contribution in [3.8, 4) is 6.07 Å². The Morgan fingerprint density at radius 3 is 2.95 bits per heavy atom. The van der Waals surface area contributed by atoms with Gasteiger partial charge in [-0.1, -0.05) is 30.4 Å². The minimum atomic E-state index is 0.380. The molecule has 0 aliphatic heterocycles. The summed E-state index contributed by atoms with van der Waals surface area (Å²) in [6, 6.07) is 12.4. The Balaban J connectivity index is 1.97. The van der Waals surface area contributed by atoms with E-state index in [4.69, 9.17) is 0 Å². The molecular formula is C16H15N3. The topological polar surface area (TPSA) is 48.7 Å². The fraction of sp³-hybridized carbons (Fsp3) is 0.250. The first-order chi connectivity index (χ1) is 9.36. The van der Waals surface area contributed by atoms with Gasteiger partial charge in [-0.15, -0.1) is 0 Å². The third kappa shape index (κ3) is 2.43. The van der Waals surface area contributed by atoms with Crippen LogP contribution in [0.3, 0.4) is 0 Å². The molecule has 2 aromatic rings. The fourth-order valence-corrected chi connectivity index (χ4v) is 2.43. The number of hydrogen-bond donors (Lipinski definition) is 1. The Hall–Kier alpha value is -2.34. The van der Waals surface area contributed by atoms with Crippen LogP contribution in [0.15, 0.2) is 42.5 Å². The van der Waals surface area contributed by atoms with Crippen molar-refractivity contribution in [1.82, 2.24) is 4.98 Å². The van der Waals surface area contributed by atoms with Crippen LogP contribution in [0.4, 0.5) is 5.82 Å². The van der Waals surface area contributed by atoms with Crippen molar-refractivity contribution in [2.75, 3.05) is 5.32 Å². The smallest absolute Gasteiger partial charge is 0.144 e. The molecule has 3 nitrogen and oxygen atoms in total. The predicted molar refractivity (Wildman–Crippen MR) is 76.9 cm³/mol. The van der Waals surface area contributed by atoms with Gasteiger partial charge in [0.25, 0.3) is 0 Å². The Bertz CT molecular complexity index is 667. The number of nitrogens with one attached hydrogen (secondary N) is 1. The lowest BCUT2D eigenvalue weighted by molar-refractivity contribution is 0.642. The number of hydrogen-bond acceptors (Lipinski definition) is 3. The van der Waals surface area contributed by atoms with E-state index in [0.29, 0.717) is 17.4 Å². The van der Waals surface area contributed by atoms with Crippen LogP contribution in [-0.4, -0.2) is 11.0 Å². The second-order valence-electron chi connectivity index (χ2n) is 4.81. The summed E-state index contributed by atoms with van der Waals surface area (Å²) < 4.78 is 0. The maximum absolute atomic E-state index is 9.26. The van der Waals surface area contributed by atoms with Crippen LogP contribution in [0, 0.1) is 11.3 Å². The average molecular weight is 249 g/mol. The van der Waals surface area contributed by atoms with Gasteiger partial charge in [-0.2, -0.15) is 5.26 Å². The molecule has 94 valence electrons. The Morgan fingerprint density at radius 1 is 1.26 bits per heavy atom. The highest BCUT2D eigenvalue weighted by Crippen LogP contribution is 2.22. The molecule has 1 aliphatic rings. The van der Waals surface area contributed by atoms with E-state index in [-0.39, 0.29) is 0 Å². The van der Waals surface area contributed by atoms with Gasteiger partial charge in [0.05, 0.1) is 11.1 Å². The van der Waals surface area contributed by atoms with E-state index in [9.17, 15) is 5.26 Å². The normalized spacial score (nSPS) is 18.2. The van der Waals surface area contributed by atoms with Gasteiger partial charge in [0.1, 0.15) is 11.9 Å². The van der Waals surface area contributed by atoms with E-state index in [1.165, 1.54) is 0 Å². The first-order valence-electron chi connectivity index (χ1n) is 6.58. The van der Waals surface area contributed by atoms with Crippen LogP contribution in [0.5, 0.6) is 0 Å². The van der Waals surface area contributed by atoms with Crippen molar-refractivity contribution in [3.63, 3.8) is 0 Å². The summed E-state index contributed by atoms with van der Waals surface area (Å²) in [7, 11) is 0. The lowest BCUT2D eigenvalue weighted by Crippen LogP contribution is -2.21. The van der Waals surface area contributed by atoms with Crippen LogP contribution in [0.2, 0.25) is 0 Å². The van der Waals surface area contributed by atoms with Crippen LogP contribution < -0.4 is 5.32 Å². The Kier molecular flexibility index (Phi) is 3.16. The second kappa shape index (κ2) is 5.11. The number of para-hydroxylation sites is 1. The third-order valence-corrected chi connectivity index (χ3v) is 3.45. The second-order valence-corrected chi connectivity index (χ2v) is 4.81. The number of allylic oxidation sites excluding steroid dienone is 1. The van der Waals surface area contributed by atoms with Crippen molar-refractivity contribution in [3.05, 3.63) is 48.0 Å². The molecule has 3 rings (SSSR count). The molecule has 0 fully saturated rings. The number of nitriles is 1. The SMILES string of the molecule is N#Cc1cc2ccccc2nc1NC1CC=CCC1. The van der Waals surface area contributed by atoms with Crippen molar-refractivity contribution >= 4 is 16.7 Å². The van der Waals surface area contributed by atoms with E-state index in [1.807, 2.05) is 30.3 Å². The Morgan fingerprint density at radius 2 is 2.16 bits per heavy atom. The molecule has 3 heteroatoms. The molecule has 1 aromatic heterocycles. The lowest BCUT2D eigenvalue weighted by Gasteiger charge is -2.20. The third-order valence-electron chi connectivity index (χ3n) is 3.45. The van der Waals surface area contributed by atoms with Gasteiger partial charge in [0.2, 0.25) is 0 Å². The molecule has 0 amide bonds. The van der Waals surface area contributed by atoms with Crippen LogP contribution in [0.25, 0.3) is 10.9 Å². The largest absolute Gasteiger partial charge is 0.366 e. The molecule has 0 spiro atoms. The molecule has 1 unspecified atom stereocenters. The van der Waals surface area contributed by atoms with Crippen molar-refractivity contribution in [1.29, 1.82) is 5.26 Å². The number of pyridine rings is 1. The molecule has 0 saturated heterocycles. The summed E-state index contributed by atoms with van der Waals surface area (Å²) in [5.41, 5.74) is 1.55. The zero-order chi connectivity index (χ0) is 13.1. The van der Waals surface area contributed by atoms with Crippen molar-refractivity contribution in [2.24, 2.45) is 0 Å². The minimum absolute atomic E-state index is 0.380. The summed E-state index contributed by atoms with van der Waals surface area (Å²) in [6.07, 6.45) is 7.58. The number of nitrogens with zero attached hydrogens (tertiary/aromatic N) is 2. The number of anilines is 1. The van der Waals surface area contributed by atoms with Gasteiger partial charge in [-0.3, -0.25) is 0 Å². The predicted octanol–water partition coefficient (Wildman–Crippen LogP) is 3.63. The molecule has 19 heavy (non-hydrogen) atoms. The molecule has 1 N–H and O–H groups in total. The van der Waals surface area contributed by atoms with Crippen LogP contribution in [0.1, 0.15) is 24.8 Å². The lowest BCUT2D eigenvalue weighted by atomic mass is 10.0. The van der Waals surface area contributed by atoms with Crippen molar-refractivity contribution < 1.29 is 0 Å². The molecule has 1 aliphatic carbocycles. The first-order valence-corrected chi connectivity index (χ1v) is 6.58. The van der Waals surface area contributed by atoms with E-state index in [0.717, 1.165) is 30.2 Å². The monoisotopic (exact) mass is 249 g/mol. The van der Waals surface area contributed by atoms with Gasteiger partial charge in [0, 0.05) is 11.4 Å². The van der Waals surface area contributed by atoms with Gasteiger partial charge in [0.15, 0.2) is 0 Å². The first kappa shape index (κ1) is 11.7. The fourth-order valence-electron chi connectivity index (χ4n) is 2.43. The summed E-state index contributed by atoms with van der Waals surface area (Å²) in [6.45, 7) is 0. The highest BCUT2D eigenvalue weighted by atomic mass is 15.0. The van der Waals surface area contributed by atoms with Crippen LogP contribution in [-0.2, 0) is 0 Å². The van der Waals surface area contributed by atoms with E-state index in [1.54, 1.807) is 0 Å².